The smallest absolute Gasteiger partial charge is 0.117 e. The number of aromatic hydroxyl groups is 1. The first kappa shape index (κ1) is 21.0. The summed E-state index contributed by atoms with van der Waals surface area (Å²) in [5.41, 5.74) is 9.77. The van der Waals surface area contributed by atoms with E-state index in [0.29, 0.717) is 5.75 Å². The predicted molar refractivity (Wildman–Crippen MR) is 149 cm³/mol. The number of hydrogen-bond acceptors (Lipinski definition) is 2. The maximum absolute atomic E-state index is 10.1. The Morgan fingerprint density at radius 1 is 0.730 bits per heavy atom. The van der Waals surface area contributed by atoms with Gasteiger partial charge in [-0.3, -0.25) is 0 Å². The zero-order valence-corrected chi connectivity index (χ0v) is 20.6. The molecule has 1 aliphatic heterocycles. The fourth-order valence-corrected chi connectivity index (χ4v) is 6.88. The van der Waals surface area contributed by atoms with Crippen LogP contribution in [-0.4, -0.2) is 16.8 Å². The third-order valence-corrected chi connectivity index (χ3v) is 8.83. The van der Waals surface area contributed by atoms with Crippen molar-refractivity contribution in [1.29, 1.82) is 0 Å². The molecule has 178 valence electrons. The number of epoxide rings is 1. The molecule has 0 saturated carbocycles. The highest BCUT2D eigenvalue weighted by atomic mass is 16.6. The van der Waals surface area contributed by atoms with E-state index in [4.69, 9.17) is 4.74 Å². The van der Waals surface area contributed by atoms with Crippen LogP contribution in [0.1, 0.15) is 40.3 Å². The van der Waals surface area contributed by atoms with Crippen molar-refractivity contribution in [2.75, 3.05) is 0 Å². The molecule has 2 aliphatic carbocycles. The maximum atomic E-state index is 10.1. The standard InChI is InChI=1S/C35H26O2/c1-22-34(37-22)17-16-25-19-28(14-11-26(25)21-34)35(27-13-10-24-20-29(36)15-12-23(24)18-27)32-8-4-2-6-30(32)31-7-3-5-9-33(31)35/h2-20,22,36H,21H2,1H3. The molecule has 2 nitrogen and oxygen atoms in total. The molecule has 0 aromatic heterocycles. The van der Waals surface area contributed by atoms with Crippen LogP contribution in [0.3, 0.4) is 0 Å². The van der Waals surface area contributed by atoms with Gasteiger partial charge in [-0.2, -0.15) is 0 Å². The SMILES string of the molecule is CC1OC12C=Cc1cc(C3(c4ccc5cc(O)ccc5c4)c4ccccc4-c4ccccc43)ccc1C2. The third-order valence-electron chi connectivity index (χ3n) is 8.83. The largest absolute Gasteiger partial charge is 0.508 e. The van der Waals surface area contributed by atoms with Gasteiger partial charge in [0.2, 0.25) is 0 Å². The lowest BCUT2D eigenvalue weighted by Gasteiger charge is -2.35. The van der Waals surface area contributed by atoms with E-state index >= 15 is 0 Å². The summed E-state index contributed by atoms with van der Waals surface area (Å²) in [5.74, 6) is 0.291. The summed E-state index contributed by atoms with van der Waals surface area (Å²) in [7, 11) is 0. The van der Waals surface area contributed by atoms with Gasteiger partial charge in [0, 0.05) is 6.42 Å². The van der Waals surface area contributed by atoms with E-state index in [1.54, 1.807) is 6.07 Å². The van der Waals surface area contributed by atoms with Crippen LogP contribution in [-0.2, 0) is 16.6 Å². The minimum atomic E-state index is -0.444. The second-order valence-electron chi connectivity index (χ2n) is 10.7. The highest BCUT2D eigenvalue weighted by Crippen LogP contribution is 2.57. The molecule has 0 bridgehead atoms. The first-order valence-corrected chi connectivity index (χ1v) is 13.0. The molecular formula is C35H26O2. The van der Waals surface area contributed by atoms with E-state index in [1.807, 2.05) is 12.1 Å². The second kappa shape index (κ2) is 7.21. The summed E-state index contributed by atoms with van der Waals surface area (Å²) in [6.45, 7) is 2.16. The van der Waals surface area contributed by atoms with Crippen LogP contribution in [0.25, 0.3) is 28.0 Å². The maximum Gasteiger partial charge on any atom is 0.117 e. The van der Waals surface area contributed by atoms with Gasteiger partial charge >= 0.3 is 0 Å². The lowest BCUT2D eigenvalue weighted by molar-refractivity contribution is 0.332. The zero-order chi connectivity index (χ0) is 24.8. The first-order valence-electron chi connectivity index (χ1n) is 13.0. The average molecular weight is 479 g/mol. The first-order chi connectivity index (χ1) is 18.1. The van der Waals surface area contributed by atoms with Crippen molar-refractivity contribution >= 4 is 16.8 Å². The van der Waals surface area contributed by atoms with Gasteiger partial charge in [-0.1, -0.05) is 84.9 Å². The summed E-state index contributed by atoms with van der Waals surface area (Å²) >= 11 is 0. The van der Waals surface area contributed by atoms with Crippen molar-refractivity contribution in [2.45, 2.75) is 30.5 Å². The molecule has 1 saturated heterocycles. The van der Waals surface area contributed by atoms with Gasteiger partial charge in [-0.25, -0.2) is 0 Å². The van der Waals surface area contributed by atoms with Crippen LogP contribution < -0.4 is 0 Å². The predicted octanol–water partition coefficient (Wildman–Crippen LogP) is 7.64. The molecule has 2 heteroatoms. The summed E-state index contributed by atoms with van der Waals surface area (Å²) in [4.78, 5) is 0. The molecule has 5 aromatic rings. The summed E-state index contributed by atoms with van der Waals surface area (Å²) < 4.78 is 5.96. The number of phenols is 1. The molecule has 1 N–H and O–H groups in total. The van der Waals surface area contributed by atoms with Crippen LogP contribution in [0, 0.1) is 0 Å². The van der Waals surface area contributed by atoms with Gasteiger partial charge in [-0.15, -0.1) is 0 Å². The van der Waals surface area contributed by atoms with E-state index in [2.05, 4.69) is 104 Å². The molecule has 0 radical (unpaired) electrons. The Kier molecular flexibility index (Phi) is 4.09. The van der Waals surface area contributed by atoms with Crippen LogP contribution in [0.15, 0.2) is 109 Å². The fourth-order valence-electron chi connectivity index (χ4n) is 6.88. The van der Waals surface area contributed by atoms with Crippen molar-refractivity contribution in [3.05, 3.63) is 143 Å². The molecule has 3 aliphatic rings. The highest BCUT2D eigenvalue weighted by Gasteiger charge is 2.52. The highest BCUT2D eigenvalue weighted by molar-refractivity contribution is 5.90. The Morgan fingerprint density at radius 2 is 1.35 bits per heavy atom. The molecule has 8 rings (SSSR count). The Morgan fingerprint density at radius 3 is 2.08 bits per heavy atom. The summed E-state index contributed by atoms with van der Waals surface area (Å²) in [5, 5.41) is 12.2. The lowest BCUT2D eigenvalue weighted by Crippen LogP contribution is -2.29. The van der Waals surface area contributed by atoms with Crippen molar-refractivity contribution in [3.8, 4) is 16.9 Å². The normalized spacial score (nSPS) is 22.0. The molecule has 1 fully saturated rings. The quantitative estimate of drug-likeness (QED) is 0.260. The van der Waals surface area contributed by atoms with Crippen LogP contribution in [0.2, 0.25) is 0 Å². The lowest BCUT2D eigenvalue weighted by atomic mass is 9.66. The number of ether oxygens (including phenoxy) is 1. The molecular weight excluding hydrogens is 452 g/mol. The zero-order valence-electron chi connectivity index (χ0n) is 20.6. The van der Waals surface area contributed by atoms with E-state index in [9.17, 15) is 5.11 Å². The minimum Gasteiger partial charge on any atom is -0.508 e. The van der Waals surface area contributed by atoms with Crippen molar-refractivity contribution in [2.24, 2.45) is 0 Å². The van der Waals surface area contributed by atoms with Gasteiger partial charge in [0.05, 0.1) is 11.5 Å². The average Bonchev–Trinajstić information content (AvgIpc) is 3.44. The van der Waals surface area contributed by atoms with E-state index in [1.165, 1.54) is 44.5 Å². The summed E-state index contributed by atoms with van der Waals surface area (Å²) in [6.07, 6.45) is 5.73. The third kappa shape index (κ3) is 2.79. The Hall–Kier alpha value is -4.14. The molecule has 2 atom stereocenters. The van der Waals surface area contributed by atoms with Gasteiger partial charge in [-0.05, 0) is 92.5 Å². The minimum absolute atomic E-state index is 0.108. The topological polar surface area (TPSA) is 32.8 Å². The molecule has 2 unspecified atom stereocenters. The Balaban J connectivity index is 1.43. The monoisotopic (exact) mass is 478 g/mol. The number of fused-ring (bicyclic) bond motifs is 5. The second-order valence-corrected chi connectivity index (χ2v) is 10.7. The van der Waals surface area contributed by atoms with Gasteiger partial charge in [0.25, 0.3) is 0 Å². The van der Waals surface area contributed by atoms with Crippen molar-refractivity contribution in [1.82, 2.24) is 0 Å². The van der Waals surface area contributed by atoms with Crippen molar-refractivity contribution in [3.63, 3.8) is 0 Å². The molecule has 37 heavy (non-hydrogen) atoms. The van der Waals surface area contributed by atoms with Gasteiger partial charge in [0.15, 0.2) is 0 Å². The van der Waals surface area contributed by atoms with Crippen molar-refractivity contribution < 1.29 is 9.84 Å². The molecule has 1 heterocycles. The number of rotatable bonds is 2. The van der Waals surface area contributed by atoms with Crippen LogP contribution in [0.4, 0.5) is 0 Å². The van der Waals surface area contributed by atoms with Crippen LogP contribution >= 0.6 is 0 Å². The Bertz CT molecular complexity index is 1730. The van der Waals surface area contributed by atoms with E-state index in [0.717, 1.165) is 17.2 Å². The number of hydrogen-bond donors (Lipinski definition) is 1. The van der Waals surface area contributed by atoms with Gasteiger partial charge in [0.1, 0.15) is 11.4 Å². The molecule has 5 aromatic carbocycles. The number of benzene rings is 5. The van der Waals surface area contributed by atoms with E-state index in [-0.39, 0.29) is 11.7 Å². The number of phenolic OH excluding ortho intramolecular Hbond substituents is 1. The Labute approximate surface area is 216 Å². The van der Waals surface area contributed by atoms with Gasteiger partial charge < -0.3 is 9.84 Å². The molecule has 0 amide bonds. The fraction of sp³-hybridized carbons (Fsp3) is 0.143. The molecule has 1 spiro atoms. The summed E-state index contributed by atoms with van der Waals surface area (Å²) in [6, 6.07) is 37.0. The van der Waals surface area contributed by atoms with E-state index < -0.39 is 5.41 Å². The van der Waals surface area contributed by atoms with Crippen LogP contribution in [0.5, 0.6) is 5.75 Å².